The molecule has 0 unspecified atom stereocenters. The third-order valence-corrected chi connectivity index (χ3v) is 6.35. The third-order valence-electron chi connectivity index (χ3n) is 5.38. The van der Waals surface area contributed by atoms with Crippen molar-refractivity contribution < 1.29 is 23.5 Å². The molecule has 0 bridgehead atoms. The zero-order valence-electron chi connectivity index (χ0n) is 20.7. The molecule has 1 N–H and O–H groups in total. The largest absolute Gasteiger partial charge is 0.493 e. The van der Waals surface area contributed by atoms with E-state index < -0.39 is 0 Å². The summed E-state index contributed by atoms with van der Waals surface area (Å²) in [4.78, 5) is 17.3. The lowest BCUT2D eigenvalue weighted by Gasteiger charge is -2.16. The van der Waals surface area contributed by atoms with Gasteiger partial charge >= 0.3 is 0 Å². The third kappa shape index (κ3) is 5.68. The van der Waals surface area contributed by atoms with Gasteiger partial charge in [0.1, 0.15) is 16.9 Å². The van der Waals surface area contributed by atoms with Crippen LogP contribution in [0.1, 0.15) is 11.3 Å². The summed E-state index contributed by atoms with van der Waals surface area (Å²) in [5.41, 5.74) is 3.13. The Morgan fingerprint density at radius 1 is 1.03 bits per heavy atom. The van der Waals surface area contributed by atoms with E-state index in [9.17, 15) is 10.1 Å². The highest BCUT2D eigenvalue weighted by molar-refractivity contribution is 8.00. The first kappa shape index (κ1) is 25.6. The summed E-state index contributed by atoms with van der Waals surface area (Å²) in [5.74, 6) is 1.98. The summed E-state index contributed by atoms with van der Waals surface area (Å²) < 4.78 is 21.5. The number of aromatic nitrogens is 2. The molecule has 0 aliphatic rings. The topological polar surface area (TPSA) is 120 Å². The molecule has 2 aromatic heterocycles. The SMILES string of the molecule is COc1cc(-c2cc(-c3ccccc3)nc(SCC(=O)Nc3cc(C)on3)c2C#N)cc(OC)c1OC. The standard InChI is InChI=1S/C27H24N4O5S/c1-16-10-24(31-36-16)30-25(32)15-37-27-20(14-28)19(13-21(29-27)17-8-6-5-7-9-17)18-11-22(33-2)26(35-4)23(12-18)34-3/h5-13H,15H2,1-4H3,(H,30,31,32). The van der Waals surface area contributed by atoms with Gasteiger partial charge in [-0.3, -0.25) is 4.79 Å². The lowest BCUT2D eigenvalue weighted by Crippen LogP contribution is -2.14. The summed E-state index contributed by atoms with van der Waals surface area (Å²) >= 11 is 1.16. The molecule has 0 radical (unpaired) electrons. The second-order valence-corrected chi connectivity index (χ2v) is 8.75. The van der Waals surface area contributed by atoms with Crippen LogP contribution in [0.25, 0.3) is 22.4 Å². The molecule has 9 nitrogen and oxygen atoms in total. The smallest absolute Gasteiger partial charge is 0.236 e. The molecule has 0 aliphatic heterocycles. The number of rotatable bonds is 9. The Hall–Kier alpha value is -4.49. The quantitative estimate of drug-likeness (QED) is 0.294. The van der Waals surface area contributed by atoms with E-state index >= 15 is 0 Å². The van der Waals surface area contributed by atoms with Crippen LogP contribution in [-0.4, -0.2) is 43.1 Å². The van der Waals surface area contributed by atoms with E-state index in [0.29, 0.717) is 56.2 Å². The number of amides is 1. The Labute approximate surface area is 218 Å². The summed E-state index contributed by atoms with van der Waals surface area (Å²) in [7, 11) is 4.59. The number of carbonyl (C=O) groups is 1. The van der Waals surface area contributed by atoms with Crippen LogP contribution in [0.3, 0.4) is 0 Å². The fraction of sp³-hybridized carbons (Fsp3) is 0.185. The molecule has 0 saturated carbocycles. The van der Waals surface area contributed by atoms with Crippen molar-refractivity contribution in [1.29, 1.82) is 5.26 Å². The number of nitrogens with one attached hydrogen (secondary N) is 1. The molecule has 0 atom stereocenters. The molecular weight excluding hydrogens is 492 g/mol. The number of benzene rings is 2. The van der Waals surface area contributed by atoms with Crippen molar-refractivity contribution in [2.75, 3.05) is 32.4 Å². The first-order valence-electron chi connectivity index (χ1n) is 11.1. The van der Waals surface area contributed by atoms with Crippen LogP contribution >= 0.6 is 11.8 Å². The number of thioether (sulfide) groups is 1. The van der Waals surface area contributed by atoms with E-state index in [-0.39, 0.29) is 11.7 Å². The van der Waals surface area contributed by atoms with Crippen molar-refractivity contribution >= 4 is 23.5 Å². The highest BCUT2D eigenvalue weighted by Crippen LogP contribution is 2.43. The van der Waals surface area contributed by atoms with Gasteiger partial charge in [0.15, 0.2) is 17.3 Å². The predicted octanol–water partition coefficient (Wildman–Crippen LogP) is 5.34. The van der Waals surface area contributed by atoms with Crippen LogP contribution in [0, 0.1) is 18.3 Å². The number of anilines is 1. The molecule has 10 heteroatoms. The van der Waals surface area contributed by atoms with Crippen LogP contribution in [0.5, 0.6) is 17.2 Å². The number of hydrogen-bond donors (Lipinski definition) is 1. The Morgan fingerprint density at radius 2 is 1.73 bits per heavy atom. The van der Waals surface area contributed by atoms with Gasteiger partial charge in [-0.25, -0.2) is 4.98 Å². The van der Waals surface area contributed by atoms with E-state index in [0.717, 1.165) is 17.3 Å². The molecule has 2 aromatic carbocycles. The summed E-state index contributed by atoms with van der Waals surface area (Å²) in [6.45, 7) is 1.74. The predicted molar refractivity (Wildman–Crippen MR) is 140 cm³/mol. The van der Waals surface area contributed by atoms with E-state index in [2.05, 4.69) is 16.5 Å². The van der Waals surface area contributed by atoms with Crippen molar-refractivity contribution in [1.82, 2.24) is 10.1 Å². The number of hydrogen-bond acceptors (Lipinski definition) is 9. The monoisotopic (exact) mass is 516 g/mol. The Kier molecular flexibility index (Phi) is 7.95. The first-order valence-corrected chi connectivity index (χ1v) is 12.1. The van der Waals surface area contributed by atoms with Crippen LogP contribution < -0.4 is 19.5 Å². The minimum absolute atomic E-state index is 0.0144. The normalized spacial score (nSPS) is 10.5. The second kappa shape index (κ2) is 11.5. The minimum Gasteiger partial charge on any atom is -0.493 e. The number of nitriles is 1. The maximum Gasteiger partial charge on any atom is 0.236 e. The molecule has 188 valence electrons. The average molecular weight is 517 g/mol. The van der Waals surface area contributed by atoms with Crippen molar-refractivity contribution in [3.63, 3.8) is 0 Å². The number of ether oxygens (including phenoxy) is 3. The molecule has 1 amide bonds. The van der Waals surface area contributed by atoms with Gasteiger partial charge in [0, 0.05) is 17.2 Å². The molecule has 0 spiro atoms. The number of carbonyl (C=O) groups excluding carboxylic acids is 1. The maximum absolute atomic E-state index is 12.6. The van der Waals surface area contributed by atoms with Gasteiger partial charge in [0.2, 0.25) is 11.7 Å². The summed E-state index contributed by atoms with van der Waals surface area (Å²) in [5, 5.41) is 17.0. The molecule has 0 aliphatic carbocycles. The van der Waals surface area contributed by atoms with Crippen molar-refractivity contribution in [3.8, 4) is 45.7 Å². The number of aryl methyl sites for hydroxylation is 1. The summed E-state index contributed by atoms with van der Waals surface area (Å²) in [6, 6.07) is 18.9. The molecule has 37 heavy (non-hydrogen) atoms. The molecule has 4 aromatic rings. The van der Waals surface area contributed by atoms with Gasteiger partial charge in [-0.15, -0.1) is 0 Å². The Bertz CT molecular complexity index is 1440. The van der Waals surface area contributed by atoms with Crippen molar-refractivity contribution in [3.05, 3.63) is 65.9 Å². The number of nitrogens with zero attached hydrogens (tertiary/aromatic N) is 3. The Morgan fingerprint density at radius 3 is 2.30 bits per heavy atom. The van der Waals surface area contributed by atoms with Gasteiger partial charge in [-0.2, -0.15) is 5.26 Å². The van der Waals surface area contributed by atoms with Gasteiger partial charge in [0.05, 0.1) is 38.3 Å². The fourth-order valence-corrected chi connectivity index (χ4v) is 4.50. The van der Waals surface area contributed by atoms with E-state index in [4.69, 9.17) is 23.7 Å². The van der Waals surface area contributed by atoms with Crippen LogP contribution in [0.15, 0.2) is 64.1 Å². The van der Waals surface area contributed by atoms with Crippen molar-refractivity contribution in [2.24, 2.45) is 0 Å². The second-order valence-electron chi connectivity index (χ2n) is 7.79. The first-order chi connectivity index (χ1) is 18.0. The van der Waals surface area contributed by atoms with Crippen molar-refractivity contribution in [2.45, 2.75) is 11.9 Å². The lowest BCUT2D eigenvalue weighted by atomic mass is 9.98. The zero-order valence-corrected chi connectivity index (χ0v) is 21.5. The summed E-state index contributed by atoms with van der Waals surface area (Å²) in [6.07, 6.45) is 0. The van der Waals surface area contributed by atoms with Gasteiger partial charge in [-0.05, 0) is 30.7 Å². The van der Waals surface area contributed by atoms with E-state index in [1.165, 1.54) is 21.3 Å². The Balaban J connectivity index is 1.79. The van der Waals surface area contributed by atoms with Gasteiger partial charge in [0.25, 0.3) is 0 Å². The van der Waals surface area contributed by atoms with Crippen LogP contribution in [-0.2, 0) is 4.79 Å². The van der Waals surface area contributed by atoms with Gasteiger partial charge in [-0.1, -0.05) is 47.3 Å². The van der Waals surface area contributed by atoms with E-state index in [1.807, 2.05) is 36.4 Å². The fourth-order valence-electron chi connectivity index (χ4n) is 3.69. The highest BCUT2D eigenvalue weighted by atomic mass is 32.2. The average Bonchev–Trinajstić information content (AvgIpc) is 3.34. The molecule has 0 fully saturated rings. The lowest BCUT2D eigenvalue weighted by molar-refractivity contribution is -0.113. The number of pyridine rings is 1. The minimum atomic E-state index is -0.302. The maximum atomic E-state index is 12.6. The zero-order chi connectivity index (χ0) is 26.4. The molecular formula is C27H24N4O5S. The van der Waals surface area contributed by atoms with Crippen LogP contribution in [0.2, 0.25) is 0 Å². The number of methoxy groups -OCH3 is 3. The van der Waals surface area contributed by atoms with Gasteiger partial charge < -0.3 is 24.1 Å². The van der Waals surface area contributed by atoms with E-state index in [1.54, 1.807) is 25.1 Å². The molecule has 0 saturated heterocycles. The molecule has 2 heterocycles. The molecule has 4 rings (SSSR count). The highest BCUT2D eigenvalue weighted by Gasteiger charge is 2.21. The van der Waals surface area contributed by atoms with Crippen LogP contribution in [0.4, 0.5) is 5.82 Å².